The van der Waals surface area contributed by atoms with Crippen molar-refractivity contribution in [3.05, 3.63) is 83.6 Å². The van der Waals surface area contributed by atoms with Crippen molar-refractivity contribution in [2.24, 2.45) is 0 Å². The molecule has 0 unspecified atom stereocenters. The van der Waals surface area contributed by atoms with Crippen LogP contribution in [0.3, 0.4) is 0 Å². The zero-order chi connectivity index (χ0) is 25.9. The summed E-state index contributed by atoms with van der Waals surface area (Å²) < 4.78 is 5.09. The topological polar surface area (TPSA) is 113 Å². The van der Waals surface area contributed by atoms with Gasteiger partial charge in [-0.05, 0) is 50.5 Å². The van der Waals surface area contributed by atoms with Crippen LogP contribution in [0.25, 0.3) is 10.9 Å². The largest absolute Gasteiger partial charge is 0.361 e. The van der Waals surface area contributed by atoms with Gasteiger partial charge in [0.25, 0.3) is 5.91 Å². The van der Waals surface area contributed by atoms with E-state index in [1.165, 1.54) is 6.42 Å². The maximum Gasteiger partial charge on any atom is 0.274 e. The first-order valence-electron chi connectivity index (χ1n) is 12.9. The molecule has 1 aromatic carbocycles. The van der Waals surface area contributed by atoms with Crippen LogP contribution in [0, 0.1) is 6.92 Å². The first-order chi connectivity index (χ1) is 17.9. The number of para-hydroxylation sites is 1. The number of pyridine rings is 1. The number of nitrogens with one attached hydrogen (secondary N) is 3. The number of aryl methyl sites for hydroxylation is 1. The lowest BCUT2D eigenvalue weighted by atomic mass is 9.71. The second-order valence-corrected chi connectivity index (χ2v) is 10.4. The summed E-state index contributed by atoms with van der Waals surface area (Å²) >= 11 is 0. The van der Waals surface area contributed by atoms with Crippen LogP contribution >= 0.6 is 0 Å². The van der Waals surface area contributed by atoms with E-state index >= 15 is 0 Å². The van der Waals surface area contributed by atoms with Gasteiger partial charge in [0.15, 0.2) is 5.69 Å². The van der Waals surface area contributed by atoms with E-state index < -0.39 is 11.4 Å². The Morgan fingerprint density at radius 3 is 2.62 bits per heavy atom. The highest BCUT2D eigenvalue weighted by Gasteiger charge is 2.40. The van der Waals surface area contributed by atoms with Crippen molar-refractivity contribution in [2.45, 2.75) is 63.3 Å². The van der Waals surface area contributed by atoms with Crippen LogP contribution in [-0.2, 0) is 16.6 Å². The number of rotatable bonds is 8. The molecule has 2 amide bonds. The fourth-order valence-electron chi connectivity index (χ4n) is 5.50. The third kappa shape index (κ3) is 5.14. The van der Waals surface area contributed by atoms with Crippen LogP contribution in [0.2, 0.25) is 0 Å². The first kappa shape index (κ1) is 24.7. The minimum absolute atomic E-state index is 0.146. The number of fused-ring (bicyclic) bond motifs is 1. The van der Waals surface area contributed by atoms with E-state index in [0.717, 1.165) is 47.8 Å². The summed E-state index contributed by atoms with van der Waals surface area (Å²) in [6.45, 7) is 3.96. The highest BCUT2D eigenvalue weighted by atomic mass is 16.5. The van der Waals surface area contributed by atoms with Gasteiger partial charge in [-0.1, -0.05) is 48.7 Å². The number of hydrogen-bond acceptors (Lipinski definition) is 5. The lowest BCUT2D eigenvalue weighted by molar-refractivity contribution is -0.127. The van der Waals surface area contributed by atoms with Gasteiger partial charge >= 0.3 is 0 Å². The smallest absolute Gasteiger partial charge is 0.274 e. The molecule has 37 heavy (non-hydrogen) atoms. The van der Waals surface area contributed by atoms with E-state index in [1.807, 2.05) is 48.8 Å². The molecule has 3 heterocycles. The van der Waals surface area contributed by atoms with E-state index in [0.29, 0.717) is 18.7 Å². The van der Waals surface area contributed by atoms with E-state index in [1.54, 1.807) is 19.9 Å². The van der Waals surface area contributed by atoms with Gasteiger partial charge in [-0.25, -0.2) is 0 Å². The number of carbonyl (C=O) groups excluding carboxylic acids is 2. The fourth-order valence-corrected chi connectivity index (χ4v) is 5.50. The van der Waals surface area contributed by atoms with Crippen molar-refractivity contribution in [3.63, 3.8) is 0 Å². The zero-order valence-electron chi connectivity index (χ0n) is 21.3. The predicted molar refractivity (Wildman–Crippen MR) is 141 cm³/mol. The molecule has 4 aromatic rings. The van der Waals surface area contributed by atoms with Crippen molar-refractivity contribution >= 4 is 22.7 Å². The number of carbonyl (C=O) groups is 2. The van der Waals surface area contributed by atoms with Gasteiger partial charge in [-0.2, -0.15) is 0 Å². The summed E-state index contributed by atoms with van der Waals surface area (Å²) in [5.41, 5.74) is 1.64. The summed E-state index contributed by atoms with van der Waals surface area (Å²) in [6.07, 6.45) is 9.34. The molecule has 0 spiro atoms. The van der Waals surface area contributed by atoms with Crippen LogP contribution in [0.4, 0.5) is 0 Å². The van der Waals surface area contributed by atoms with Gasteiger partial charge < -0.3 is 20.1 Å². The number of hydrogen-bond donors (Lipinski definition) is 3. The van der Waals surface area contributed by atoms with Gasteiger partial charge in [-0.3, -0.25) is 14.6 Å². The molecule has 0 radical (unpaired) electrons. The van der Waals surface area contributed by atoms with Crippen molar-refractivity contribution < 1.29 is 14.1 Å². The van der Waals surface area contributed by atoms with Crippen LogP contribution in [0.5, 0.6) is 0 Å². The van der Waals surface area contributed by atoms with Crippen molar-refractivity contribution in [1.29, 1.82) is 0 Å². The standard InChI is InChI=1S/C29H33N5O3/c1-20-16-24(34-37-20)26(35)33-28(2,17-21-18-31-23-11-5-4-10-22(21)23)27(36)32-19-29(13-7-3-8-14-29)25-12-6-9-15-30-25/h4-6,9-12,15-16,18,31H,3,7-8,13-14,17,19H2,1-2H3,(H,32,36)(H,33,35)/t28-/m0/s1. The molecule has 8 heteroatoms. The third-order valence-corrected chi connectivity index (χ3v) is 7.58. The molecular weight excluding hydrogens is 466 g/mol. The zero-order valence-corrected chi connectivity index (χ0v) is 21.3. The molecule has 5 rings (SSSR count). The molecule has 8 nitrogen and oxygen atoms in total. The van der Waals surface area contributed by atoms with Crippen LogP contribution in [0.1, 0.15) is 66.5 Å². The van der Waals surface area contributed by atoms with E-state index in [-0.39, 0.29) is 17.0 Å². The van der Waals surface area contributed by atoms with Crippen molar-refractivity contribution in [3.8, 4) is 0 Å². The Hall–Kier alpha value is -3.94. The average molecular weight is 500 g/mol. The quantitative estimate of drug-likeness (QED) is 0.328. The maximum absolute atomic E-state index is 13.9. The molecule has 1 atom stereocenters. The molecule has 1 aliphatic carbocycles. The van der Waals surface area contributed by atoms with Crippen LogP contribution in [-0.4, -0.2) is 39.0 Å². The summed E-state index contributed by atoms with van der Waals surface area (Å²) in [7, 11) is 0. The average Bonchev–Trinajstić information content (AvgIpc) is 3.54. The minimum Gasteiger partial charge on any atom is -0.361 e. The Labute approximate surface area is 216 Å². The highest BCUT2D eigenvalue weighted by molar-refractivity contribution is 5.98. The number of aromatic nitrogens is 3. The molecule has 0 bridgehead atoms. The lowest BCUT2D eigenvalue weighted by Gasteiger charge is -2.38. The van der Waals surface area contributed by atoms with Crippen molar-refractivity contribution in [2.75, 3.05) is 6.54 Å². The Kier molecular flexibility index (Phi) is 6.82. The Morgan fingerprint density at radius 2 is 1.89 bits per heavy atom. The Morgan fingerprint density at radius 1 is 1.11 bits per heavy atom. The molecule has 3 N–H and O–H groups in total. The number of benzene rings is 1. The molecule has 1 fully saturated rings. The molecule has 1 aliphatic rings. The van der Waals surface area contributed by atoms with Gasteiger partial charge in [0.2, 0.25) is 5.91 Å². The van der Waals surface area contributed by atoms with Crippen LogP contribution in [0.15, 0.2) is 65.4 Å². The number of amides is 2. The molecule has 192 valence electrons. The molecule has 0 saturated heterocycles. The fraction of sp³-hybridized carbons (Fsp3) is 0.379. The van der Waals surface area contributed by atoms with E-state index in [2.05, 4.69) is 31.8 Å². The first-order valence-corrected chi connectivity index (χ1v) is 12.9. The van der Waals surface area contributed by atoms with Crippen LogP contribution < -0.4 is 10.6 Å². The maximum atomic E-state index is 13.9. The second kappa shape index (κ2) is 10.2. The number of nitrogens with zero attached hydrogens (tertiary/aromatic N) is 2. The summed E-state index contributed by atoms with van der Waals surface area (Å²) in [5.74, 6) is -0.166. The van der Waals surface area contributed by atoms with E-state index in [9.17, 15) is 9.59 Å². The summed E-state index contributed by atoms with van der Waals surface area (Å²) in [4.78, 5) is 35.0. The SMILES string of the molecule is Cc1cc(C(=O)N[C@@](C)(Cc2c[nH]c3ccccc23)C(=O)NCC2(c3ccccn3)CCCCC2)no1. The predicted octanol–water partition coefficient (Wildman–Crippen LogP) is 4.61. The lowest BCUT2D eigenvalue weighted by Crippen LogP contribution is -2.59. The van der Waals surface area contributed by atoms with Gasteiger partial charge in [0.1, 0.15) is 11.3 Å². The summed E-state index contributed by atoms with van der Waals surface area (Å²) in [5, 5.41) is 11.0. The monoisotopic (exact) mass is 499 g/mol. The molecule has 1 saturated carbocycles. The van der Waals surface area contributed by atoms with E-state index in [4.69, 9.17) is 4.52 Å². The molecular formula is C29H33N5O3. The molecule has 0 aliphatic heterocycles. The number of H-pyrrole nitrogens is 1. The Balaban J connectivity index is 1.42. The van der Waals surface area contributed by atoms with Gasteiger partial charge in [0.05, 0.1) is 0 Å². The van der Waals surface area contributed by atoms with Crippen molar-refractivity contribution in [1.82, 2.24) is 25.8 Å². The van der Waals surface area contributed by atoms with Gasteiger partial charge in [0, 0.05) is 53.4 Å². The summed E-state index contributed by atoms with van der Waals surface area (Å²) in [6, 6.07) is 15.5. The minimum atomic E-state index is -1.23. The molecule has 3 aromatic heterocycles. The Bertz CT molecular complexity index is 1390. The normalized spacial score (nSPS) is 16.7. The highest BCUT2D eigenvalue weighted by Crippen LogP contribution is 2.38. The third-order valence-electron chi connectivity index (χ3n) is 7.58. The second-order valence-electron chi connectivity index (χ2n) is 10.4. The number of aromatic amines is 1. The van der Waals surface area contributed by atoms with Gasteiger partial charge in [-0.15, -0.1) is 0 Å².